The van der Waals surface area contributed by atoms with Gasteiger partial charge in [-0.2, -0.15) is 0 Å². The molecule has 108 valence electrons. The number of piperidine rings is 1. The highest BCUT2D eigenvalue weighted by Crippen LogP contribution is 2.55. The third-order valence-electron chi connectivity index (χ3n) is 6.36. The minimum absolute atomic E-state index is 0.178. The zero-order valence-electron chi connectivity index (χ0n) is 12.4. The minimum Gasteiger partial charge on any atom is -0.392 e. The standard InChI is InChI=1S/C18H25NO/c1-19-9-8-18-7-3-2-4-15(18)17(19)11-14-6-5-13(12-20)10-16(14)18/h5-6,10,15,17,20H,2-4,7-9,11-12H2,1H3/t15-,17+,18+/m1/s1. The van der Waals surface area contributed by atoms with E-state index >= 15 is 0 Å². The van der Waals surface area contributed by atoms with Gasteiger partial charge in [0.15, 0.2) is 0 Å². The smallest absolute Gasteiger partial charge is 0.0681 e. The third kappa shape index (κ3) is 1.64. The first kappa shape index (κ1) is 12.8. The highest BCUT2D eigenvalue weighted by Gasteiger charge is 2.52. The van der Waals surface area contributed by atoms with Crippen LogP contribution in [0.1, 0.15) is 48.8 Å². The summed E-state index contributed by atoms with van der Waals surface area (Å²) in [6.07, 6.45) is 8.08. The summed E-state index contributed by atoms with van der Waals surface area (Å²) in [5, 5.41) is 9.49. The quantitative estimate of drug-likeness (QED) is 0.849. The molecule has 3 aliphatic rings. The zero-order chi connectivity index (χ0) is 13.7. The largest absolute Gasteiger partial charge is 0.392 e. The van der Waals surface area contributed by atoms with E-state index in [1.807, 2.05) is 0 Å². The van der Waals surface area contributed by atoms with Gasteiger partial charge in [-0.25, -0.2) is 0 Å². The Bertz CT molecular complexity index is 526. The van der Waals surface area contributed by atoms with E-state index in [1.54, 1.807) is 11.1 Å². The van der Waals surface area contributed by atoms with Crippen molar-refractivity contribution in [3.05, 3.63) is 34.9 Å². The molecule has 0 amide bonds. The van der Waals surface area contributed by atoms with E-state index < -0.39 is 0 Å². The SMILES string of the molecule is CN1CC[C@@]23CCCC[C@@H]2[C@@H]1Cc1ccc(CO)cc13. The number of fused-ring (bicyclic) bond motifs is 1. The number of likely N-dealkylation sites (N-methyl/N-ethyl adjacent to an activating group) is 1. The first-order valence-corrected chi connectivity index (χ1v) is 8.18. The topological polar surface area (TPSA) is 23.5 Å². The molecule has 4 rings (SSSR count). The molecule has 1 aromatic carbocycles. The van der Waals surface area contributed by atoms with Gasteiger partial charge in [0.2, 0.25) is 0 Å². The fourth-order valence-electron chi connectivity index (χ4n) is 5.34. The fraction of sp³-hybridized carbons (Fsp3) is 0.667. The van der Waals surface area contributed by atoms with Gasteiger partial charge in [0.05, 0.1) is 6.61 Å². The number of aliphatic hydroxyl groups excluding tert-OH is 1. The Hall–Kier alpha value is -0.860. The maximum absolute atomic E-state index is 9.49. The molecule has 20 heavy (non-hydrogen) atoms. The number of hydrogen-bond donors (Lipinski definition) is 1. The lowest BCUT2D eigenvalue weighted by molar-refractivity contribution is 0.00276. The summed E-state index contributed by atoms with van der Waals surface area (Å²) in [4.78, 5) is 2.61. The molecule has 1 aromatic rings. The molecule has 1 aliphatic heterocycles. The van der Waals surface area contributed by atoms with Crippen molar-refractivity contribution in [2.45, 2.75) is 56.6 Å². The number of benzene rings is 1. The molecule has 2 nitrogen and oxygen atoms in total. The van der Waals surface area contributed by atoms with Crippen LogP contribution in [0.15, 0.2) is 18.2 Å². The van der Waals surface area contributed by atoms with E-state index in [4.69, 9.17) is 0 Å². The molecule has 2 heteroatoms. The highest BCUT2D eigenvalue weighted by atomic mass is 16.3. The van der Waals surface area contributed by atoms with Crippen LogP contribution in [0, 0.1) is 5.92 Å². The van der Waals surface area contributed by atoms with Gasteiger partial charge in [-0.3, -0.25) is 0 Å². The number of aliphatic hydroxyl groups is 1. The van der Waals surface area contributed by atoms with Gasteiger partial charge in [-0.05, 0) is 61.9 Å². The molecule has 0 unspecified atom stereocenters. The second kappa shape index (κ2) is 4.57. The van der Waals surface area contributed by atoms with Gasteiger partial charge >= 0.3 is 0 Å². The molecule has 1 heterocycles. The molecule has 1 N–H and O–H groups in total. The van der Waals surface area contributed by atoms with Crippen LogP contribution in [0.25, 0.3) is 0 Å². The van der Waals surface area contributed by atoms with Crippen molar-refractivity contribution in [1.29, 1.82) is 0 Å². The number of likely N-dealkylation sites (tertiary alicyclic amines) is 1. The molecule has 2 fully saturated rings. The Morgan fingerprint density at radius 2 is 2.20 bits per heavy atom. The molecule has 2 aliphatic carbocycles. The molecular weight excluding hydrogens is 246 g/mol. The van der Waals surface area contributed by atoms with Crippen LogP contribution in [-0.2, 0) is 18.4 Å². The number of rotatable bonds is 1. The Balaban J connectivity index is 1.88. The zero-order valence-corrected chi connectivity index (χ0v) is 12.4. The predicted octanol–water partition coefficient (Wildman–Crippen LogP) is 2.87. The summed E-state index contributed by atoms with van der Waals surface area (Å²) < 4.78 is 0. The van der Waals surface area contributed by atoms with Crippen LogP contribution in [0.4, 0.5) is 0 Å². The van der Waals surface area contributed by atoms with Crippen molar-refractivity contribution in [3.8, 4) is 0 Å². The second-order valence-electron chi connectivity index (χ2n) is 7.16. The van der Waals surface area contributed by atoms with Gasteiger partial charge < -0.3 is 10.0 Å². The summed E-state index contributed by atoms with van der Waals surface area (Å²) >= 11 is 0. The lowest BCUT2D eigenvalue weighted by Crippen LogP contribution is -2.59. The van der Waals surface area contributed by atoms with E-state index in [1.165, 1.54) is 45.1 Å². The summed E-state index contributed by atoms with van der Waals surface area (Å²) in [5.74, 6) is 0.844. The van der Waals surface area contributed by atoms with E-state index in [0.29, 0.717) is 5.41 Å². The molecule has 2 bridgehead atoms. The van der Waals surface area contributed by atoms with Gasteiger partial charge in [-0.1, -0.05) is 31.0 Å². The molecule has 0 aromatic heterocycles. The van der Waals surface area contributed by atoms with Crippen LogP contribution in [0.2, 0.25) is 0 Å². The Kier molecular flexibility index (Phi) is 2.94. The lowest BCUT2D eigenvalue weighted by Gasteiger charge is -2.58. The Labute approximate surface area is 121 Å². The van der Waals surface area contributed by atoms with Gasteiger partial charge in [-0.15, -0.1) is 0 Å². The Morgan fingerprint density at radius 1 is 1.30 bits per heavy atom. The monoisotopic (exact) mass is 271 g/mol. The normalized spacial score (nSPS) is 36.3. The van der Waals surface area contributed by atoms with Crippen molar-refractivity contribution < 1.29 is 5.11 Å². The highest BCUT2D eigenvalue weighted by molar-refractivity contribution is 5.43. The van der Waals surface area contributed by atoms with Gasteiger partial charge in [0, 0.05) is 11.5 Å². The third-order valence-corrected chi connectivity index (χ3v) is 6.36. The molecular formula is C18H25NO. The molecule has 0 spiro atoms. The maximum atomic E-state index is 9.49. The summed E-state index contributed by atoms with van der Waals surface area (Å²) in [5.41, 5.74) is 4.67. The number of hydrogen-bond acceptors (Lipinski definition) is 2. The molecule has 1 saturated carbocycles. The van der Waals surface area contributed by atoms with E-state index in [-0.39, 0.29) is 6.61 Å². The van der Waals surface area contributed by atoms with Crippen molar-refractivity contribution in [1.82, 2.24) is 4.90 Å². The second-order valence-corrected chi connectivity index (χ2v) is 7.16. The average Bonchev–Trinajstić information content (AvgIpc) is 2.50. The first-order chi connectivity index (χ1) is 9.74. The molecule has 0 radical (unpaired) electrons. The average molecular weight is 271 g/mol. The summed E-state index contributed by atoms with van der Waals surface area (Å²) in [7, 11) is 2.32. The van der Waals surface area contributed by atoms with Crippen molar-refractivity contribution in [2.75, 3.05) is 13.6 Å². The number of nitrogens with zero attached hydrogens (tertiary/aromatic N) is 1. The van der Waals surface area contributed by atoms with E-state index in [2.05, 4.69) is 30.1 Å². The van der Waals surface area contributed by atoms with Crippen LogP contribution in [0.5, 0.6) is 0 Å². The first-order valence-electron chi connectivity index (χ1n) is 8.18. The van der Waals surface area contributed by atoms with Crippen molar-refractivity contribution in [3.63, 3.8) is 0 Å². The summed E-state index contributed by atoms with van der Waals surface area (Å²) in [6, 6.07) is 7.49. The van der Waals surface area contributed by atoms with Crippen molar-refractivity contribution in [2.24, 2.45) is 5.92 Å². The molecule has 3 atom stereocenters. The Morgan fingerprint density at radius 3 is 3.05 bits per heavy atom. The minimum atomic E-state index is 0.178. The fourth-order valence-corrected chi connectivity index (χ4v) is 5.34. The van der Waals surface area contributed by atoms with E-state index in [9.17, 15) is 5.11 Å². The summed E-state index contributed by atoms with van der Waals surface area (Å²) in [6.45, 7) is 1.42. The van der Waals surface area contributed by atoms with Crippen LogP contribution >= 0.6 is 0 Å². The van der Waals surface area contributed by atoms with Crippen LogP contribution in [-0.4, -0.2) is 29.6 Å². The lowest BCUT2D eigenvalue weighted by atomic mass is 9.52. The predicted molar refractivity (Wildman–Crippen MR) is 80.7 cm³/mol. The van der Waals surface area contributed by atoms with Crippen LogP contribution in [0.3, 0.4) is 0 Å². The maximum Gasteiger partial charge on any atom is 0.0681 e. The van der Waals surface area contributed by atoms with Gasteiger partial charge in [0.25, 0.3) is 0 Å². The molecule has 1 saturated heterocycles. The van der Waals surface area contributed by atoms with Crippen LogP contribution < -0.4 is 0 Å². The van der Waals surface area contributed by atoms with E-state index in [0.717, 1.165) is 17.5 Å². The van der Waals surface area contributed by atoms with Gasteiger partial charge in [0.1, 0.15) is 0 Å². The van der Waals surface area contributed by atoms with Crippen molar-refractivity contribution >= 4 is 0 Å².